The van der Waals surface area contributed by atoms with Crippen LogP contribution in [0.3, 0.4) is 0 Å². The summed E-state index contributed by atoms with van der Waals surface area (Å²) in [6.07, 6.45) is 3.00. The second-order valence-electron chi connectivity index (χ2n) is 3.61. The summed E-state index contributed by atoms with van der Waals surface area (Å²) in [6, 6.07) is 0. The molecule has 0 saturated carbocycles. The van der Waals surface area contributed by atoms with Crippen LogP contribution in [0.15, 0.2) is 0 Å². The van der Waals surface area contributed by atoms with E-state index in [0.717, 1.165) is 26.1 Å². The Balaban J connectivity index is 0.000000791. The molecule has 84 valence electrons. The van der Waals surface area contributed by atoms with E-state index in [-0.39, 0.29) is 0 Å². The summed E-state index contributed by atoms with van der Waals surface area (Å²) < 4.78 is 0. The molecule has 0 aromatic rings. The summed E-state index contributed by atoms with van der Waals surface area (Å²) in [5.41, 5.74) is 0. The lowest BCUT2D eigenvalue weighted by atomic mass is 10.0. The lowest BCUT2D eigenvalue weighted by Gasteiger charge is -2.13. The summed E-state index contributed by atoms with van der Waals surface area (Å²) in [6.45, 7) is 11.5. The lowest BCUT2D eigenvalue weighted by Crippen LogP contribution is -2.23. The Morgan fingerprint density at radius 2 is 2.00 bits per heavy atom. The molecule has 1 saturated heterocycles. The Kier molecular flexibility index (Phi) is 7.77. The number of nitrogens with zero attached hydrogens (tertiary/aromatic N) is 1. The summed E-state index contributed by atoms with van der Waals surface area (Å²) in [5.74, 6) is 0.801. The maximum Gasteiger partial charge on any atom is 0.137 e. The van der Waals surface area contributed by atoms with Crippen LogP contribution in [0.25, 0.3) is 0 Å². The fourth-order valence-electron chi connectivity index (χ4n) is 1.90. The molecule has 1 rings (SSSR count). The molecule has 0 aromatic heterocycles. The third-order valence-electron chi connectivity index (χ3n) is 2.62. The number of hydrogen-bond donors (Lipinski definition) is 0. The summed E-state index contributed by atoms with van der Waals surface area (Å²) in [4.78, 5) is 13.7. The highest BCUT2D eigenvalue weighted by atomic mass is 16.1. The molecule has 1 atom stereocenters. The Morgan fingerprint density at radius 3 is 2.50 bits per heavy atom. The van der Waals surface area contributed by atoms with Gasteiger partial charge < -0.3 is 4.90 Å². The van der Waals surface area contributed by atoms with E-state index in [1.165, 1.54) is 6.42 Å². The standard InChI is InChI=1S/C10H19NO.C2H6/c1-3-6-11-7-5-9(8-11)10(12)4-2;1-2/h9H,3-8H2,1-2H3;1-2H3. The van der Waals surface area contributed by atoms with Crippen molar-refractivity contribution in [3.63, 3.8) is 0 Å². The van der Waals surface area contributed by atoms with E-state index >= 15 is 0 Å². The summed E-state index contributed by atoms with van der Waals surface area (Å²) in [5, 5.41) is 0. The SMILES string of the molecule is CC.CCCN1CCC(C(=O)CC)C1. The van der Waals surface area contributed by atoms with Gasteiger partial charge in [-0.15, -0.1) is 0 Å². The van der Waals surface area contributed by atoms with E-state index < -0.39 is 0 Å². The fraction of sp³-hybridized carbons (Fsp3) is 0.917. The van der Waals surface area contributed by atoms with E-state index in [1.807, 2.05) is 20.8 Å². The van der Waals surface area contributed by atoms with Crippen molar-refractivity contribution in [3.8, 4) is 0 Å². The topological polar surface area (TPSA) is 20.3 Å². The van der Waals surface area contributed by atoms with E-state index in [2.05, 4.69) is 11.8 Å². The van der Waals surface area contributed by atoms with Crippen molar-refractivity contribution in [1.29, 1.82) is 0 Å². The van der Waals surface area contributed by atoms with Crippen LogP contribution >= 0.6 is 0 Å². The minimum Gasteiger partial charge on any atom is -0.303 e. The van der Waals surface area contributed by atoms with Crippen molar-refractivity contribution in [2.75, 3.05) is 19.6 Å². The van der Waals surface area contributed by atoms with Gasteiger partial charge in [-0.1, -0.05) is 27.7 Å². The molecule has 0 N–H and O–H groups in total. The van der Waals surface area contributed by atoms with Crippen molar-refractivity contribution in [1.82, 2.24) is 4.90 Å². The highest BCUT2D eigenvalue weighted by Crippen LogP contribution is 2.18. The smallest absolute Gasteiger partial charge is 0.137 e. The molecule has 2 heteroatoms. The van der Waals surface area contributed by atoms with Crippen molar-refractivity contribution in [2.24, 2.45) is 5.92 Å². The maximum absolute atomic E-state index is 11.3. The van der Waals surface area contributed by atoms with E-state index in [0.29, 0.717) is 18.1 Å². The van der Waals surface area contributed by atoms with Crippen LogP contribution in [0.4, 0.5) is 0 Å². The van der Waals surface area contributed by atoms with Gasteiger partial charge in [0.15, 0.2) is 0 Å². The van der Waals surface area contributed by atoms with Gasteiger partial charge >= 0.3 is 0 Å². The molecule has 1 unspecified atom stereocenters. The number of rotatable bonds is 4. The van der Waals surface area contributed by atoms with Gasteiger partial charge in [0.05, 0.1) is 0 Å². The third-order valence-corrected chi connectivity index (χ3v) is 2.62. The van der Waals surface area contributed by atoms with Crippen LogP contribution < -0.4 is 0 Å². The molecule has 0 bridgehead atoms. The molecule has 0 radical (unpaired) electrons. The highest BCUT2D eigenvalue weighted by molar-refractivity contribution is 5.81. The Morgan fingerprint density at radius 1 is 1.36 bits per heavy atom. The quantitative estimate of drug-likeness (QED) is 0.694. The van der Waals surface area contributed by atoms with Crippen molar-refractivity contribution in [2.45, 2.75) is 47.0 Å². The molecule has 0 aliphatic carbocycles. The molecule has 1 fully saturated rings. The predicted octanol–water partition coefficient (Wildman–Crippen LogP) is 2.72. The zero-order chi connectivity index (χ0) is 11.0. The molecule has 2 nitrogen and oxygen atoms in total. The van der Waals surface area contributed by atoms with Gasteiger partial charge in [-0.05, 0) is 25.9 Å². The van der Waals surface area contributed by atoms with Gasteiger partial charge in [-0.3, -0.25) is 4.79 Å². The number of ketones is 1. The molecule has 1 heterocycles. The van der Waals surface area contributed by atoms with Gasteiger partial charge in [0.25, 0.3) is 0 Å². The summed E-state index contributed by atoms with van der Waals surface area (Å²) in [7, 11) is 0. The van der Waals surface area contributed by atoms with Gasteiger partial charge in [0, 0.05) is 18.9 Å². The zero-order valence-electron chi connectivity index (χ0n) is 10.2. The molecule has 1 aliphatic heterocycles. The van der Waals surface area contributed by atoms with Gasteiger partial charge in [0.2, 0.25) is 0 Å². The Labute approximate surface area is 88.7 Å². The second kappa shape index (κ2) is 7.98. The van der Waals surface area contributed by atoms with Crippen LogP contribution in [-0.4, -0.2) is 30.3 Å². The first-order chi connectivity index (χ1) is 6.77. The molecule has 1 aliphatic rings. The second-order valence-corrected chi connectivity index (χ2v) is 3.61. The van der Waals surface area contributed by atoms with Crippen LogP contribution in [-0.2, 0) is 4.79 Å². The van der Waals surface area contributed by atoms with Crippen molar-refractivity contribution >= 4 is 5.78 Å². The lowest BCUT2D eigenvalue weighted by molar-refractivity contribution is -0.122. The van der Waals surface area contributed by atoms with Crippen LogP contribution in [0, 0.1) is 5.92 Å². The number of likely N-dealkylation sites (tertiary alicyclic amines) is 1. The minimum absolute atomic E-state index is 0.349. The molecule has 0 spiro atoms. The number of hydrogen-bond acceptors (Lipinski definition) is 2. The number of carbonyl (C=O) groups is 1. The molecular formula is C12H25NO. The first kappa shape index (κ1) is 13.6. The number of Topliss-reactive ketones (excluding diaryl/α,β-unsaturated/α-hetero) is 1. The molecule has 14 heavy (non-hydrogen) atoms. The van der Waals surface area contributed by atoms with Crippen molar-refractivity contribution < 1.29 is 4.79 Å². The average Bonchev–Trinajstić information content (AvgIpc) is 2.69. The minimum atomic E-state index is 0.349. The molecule has 0 aromatic carbocycles. The van der Waals surface area contributed by atoms with Crippen LogP contribution in [0.1, 0.15) is 47.0 Å². The average molecular weight is 199 g/mol. The Hall–Kier alpha value is -0.370. The third kappa shape index (κ3) is 4.23. The van der Waals surface area contributed by atoms with Gasteiger partial charge in [0.1, 0.15) is 5.78 Å². The van der Waals surface area contributed by atoms with E-state index in [4.69, 9.17) is 0 Å². The fourth-order valence-corrected chi connectivity index (χ4v) is 1.90. The van der Waals surface area contributed by atoms with E-state index in [1.54, 1.807) is 0 Å². The largest absolute Gasteiger partial charge is 0.303 e. The first-order valence-electron chi connectivity index (χ1n) is 6.03. The predicted molar refractivity (Wildman–Crippen MR) is 61.5 cm³/mol. The highest BCUT2D eigenvalue weighted by Gasteiger charge is 2.25. The molecule has 0 amide bonds. The van der Waals surface area contributed by atoms with Crippen LogP contribution in [0.2, 0.25) is 0 Å². The monoisotopic (exact) mass is 199 g/mol. The maximum atomic E-state index is 11.3. The number of carbonyl (C=O) groups excluding carboxylic acids is 1. The summed E-state index contributed by atoms with van der Waals surface area (Å²) >= 11 is 0. The first-order valence-corrected chi connectivity index (χ1v) is 6.03. The van der Waals surface area contributed by atoms with Crippen molar-refractivity contribution in [3.05, 3.63) is 0 Å². The Bertz CT molecular complexity index is 156. The van der Waals surface area contributed by atoms with E-state index in [9.17, 15) is 4.79 Å². The normalized spacial score (nSPS) is 21.6. The van der Waals surface area contributed by atoms with Gasteiger partial charge in [-0.2, -0.15) is 0 Å². The van der Waals surface area contributed by atoms with Gasteiger partial charge in [-0.25, -0.2) is 0 Å². The molecular weight excluding hydrogens is 174 g/mol. The van der Waals surface area contributed by atoms with Crippen LogP contribution in [0.5, 0.6) is 0 Å². The zero-order valence-corrected chi connectivity index (χ0v) is 10.2.